The van der Waals surface area contributed by atoms with Crippen LogP contribution in [0, 0.1) is 11.8 Å². The van der Waals surface area contributed by atoms with E-state index < -0.39 is 0 Å². The fourth-order valence-corrected chi connectivity index (χ4v) is 3.92. The van der Waals surface area contributed by atoms with Crippen LogP contribution >= 0.6 is 11.6 Å². The van der Waals surface area contributed by atoms with Crippen LogP contribution in [-0.4, -0.2) is 40.0 Å². The molecule has 0 unspecified atom stereocenters. The molecule has 0 aliphatic carbocycles. The Balaban J connectivity index is 1.98. The zero-order valence-corrected chi connectivity index (χ0v) is 20.2. The zero-order valence-electron chi connectivity index (χ0n) is 19.4. The van der Waals surface area contributed by atoms with Gasteiger partial charge in [0.25, 0.3) is 5.91 Å². The largest absolute Gasteiger partial charge is 0.338 e. The average molecular weight is 456 g/mol. The first-order chi connectivity index (χ1) is 15.3. The van der Waals surface area contributed by atoms with Crippen LogP contribution in [0.1, 0.15) is 44.5 Å². The number of hydrogen-bond acceptors (Lipinski definition) is 4. The lowest BCUT2D eigenvalue weighted by Crippen LogP contribution is -2.37. The number of imidazole rings is 1. The van der Waals surface area contributed by atoms with Gasteiger partial charge in [-0.15, -0.1) is 0 Å². The quantitative estimate of drug-likeness (QED) is 0.421. The third-order valence-corrected chi connectivity index (χ3v) is 5.39. The first-order valence-electron chi connectivity index (χ1n) is 11.3. The summed E-state index contributed by atoms with van der Waals surface area (Å²) >= 11 is 6.02. The highest BCUT2D eigenvalue weighted by atomic mass is 35.5. The maximum absolute atomic E-state index is 13.4. The maximum Gasteiger partial charge on any atom is 0.253 e. The van der Waals surface area contributed by atoms with E-state index in [0.717, 1.165) is 42.2 Å². The smallest absolute Gasteiger partial charge is 0.253 e. The molecular weight excluding hydrogens is 422 g/mol. The molecule has 0 saturated heterocycles. The van der Waals surface area contributed by atoms with Crippen LogP contribution in [0.25, 0.3) is 11.0 Å². The van der Waals surface area contributed by atoms with Crippen molar-refractivity contribution in [3.05, 3.63) is 53.1 Å². The Labute approximate surface area is 195 Å². The number of halogens is 1. The van der Waals surface area contributed by atoms with Crippen LogP contribution in [0.3, 0.4) is 0 Å². The maximum atomic E-state index is 13.4. The van der Waals surface area contributed by atoms with Gasteiger partial charge in [-0.1, -0.05) is 39.3 Å². The Morgan fingerprint density at radius 1 is 1.09 bits per heavy atom. The Hall–Kier alpha value is -2.57. The van der Waals surface area contributed by atoms with Gasteiger partial charge in [-0.25, -0.2) is 4.98 Å². The third kappa shape index (κ3) is 6.02. The van der Waals surface area contributed by atoms with E-state index >= 15 is 0 Å². The Morgan fingerprint density at radius 3 is 2.34 bits per heavy atom. The predicted octanol–water partition coefficient (Wildman–Crippen LogP) is 5.54. The van der Waals surface area contributed by atoms with Crippen molar-refractivity contribution >= 4 is 40.2 Å². The molecule has 32 heavy (non-hydrogen) atoms. The number of aryl methyl sites for hydroxylation is 1. The van der Waals surface area contributed by atoms with Crippen molar-refractivity contribution < 1.29 is 4.79 Å². The molecule has 1 aromatic heterocycles. The number of nitrogens with one attached hydrogen (secondary N) is 1. The van der Waals surface area contributed by atoms with E-state index in [2.05, 4.69) is 37.6 Å². The van der Waals surface area contributed by atoms with Gasteiger partial charge < -0.3 is 20.5 Å². The average Bonchev–Trinajstić information content (AvgIpc) is 3.08. The van der Waals surface area contributed by atoms with Gasteiger partial charge >= 0.3 is 0 Å². The van der Waals surface area contributed by atoms with Gasteiger partial charge in [-0.05, 0) is 67.3 Å². The fraction of sp³-hybridized carbons (Fsp3) is 0.440. The van der Waals surface area contributed by atoms with Gasteiger partial charge in [0, 0.05) is 35.9 Å². The van der Waals surface area contributed by atoms with Gasteiger partial charge in [0.2, 0.25) is 5.95 Å². The molecule has 0 aliphatic rings. The molecule has 1 amide bonds. The number of amides is 1. The molecule has 0 atom stereocenters. The monoisotopic (exact) mass is 455 g/mol. The molecule has 7 heteroatoms. The first-order valence-corrected chi connectivity index (χ1v) is 11.7. The Bertz CT molecular complexity index is 1030. The minimum Gasteiger partial charge on any atom is -0.338 e. The van der Waals surface area contributed by atoms with Gasteiger partial charge in [-0.3, -0.25) is 4.79 Å². The van der Waals surface area contributed by atoms with Crippen LogP contribution in [0.5, 0.6) is 0 Å². The minimum atomic E-state index is 0.0630. The highest BCUT2D eigenvalue weighted by molar-refractivity contribution is 6.30. The number of hydrogen-bond donors (Lipinski definition) is 2. The number of nitrogens with two attached hydrogens (primary N) is 1. The lowest BCUT2D eigenvalue weighted by Gasteiger charge is -2.26. The van der Waals surface area contributed by atoms with Crippen molar-refractivity contribution in [2.75, 3.05) is 25.0 Å². The SMILES string of the molecule is CC(C)CN(CC(C)C)C(=O)c1ccc2nc(Nc3ccc(Cl)cc3)n(CCCN)c2c1. The number of carbonyl (C=O) groups excluding carboxylic acids is 1. The van der Waals surface area contributed by atoms with Crippen LogP contribution < -0.4 is 11.1 Å². The molecule has 0 bridgehead atoms. The van der Waals surface area contributed by atoms with Crippen molar-refractivity contribution in [3.63, 3.8) is 0 Å². The molecule has 0 radical (unpaired) electrons. The second-order valence-corrected chi connectivity index (χ2v) is 9.50. The van der Waals surface area contributed by atoms with E-state index in [1.165, 1.54) is 0 Å². The lowest BCUT2D eigenvalue weighted by molar-refractivity contribution is 0.0715. The fourth-order valence-electron chi connectivity index (χ4n) is 3.79. The number of carbonyl (C=O) groups is 1. The molecule has 3 N–H and O–H groups in total. The number of benzene rings is 2. The van der Waals surface area contributed by atoms with Crippen LogP contribution in [0.15, 0.2) is 42.5 Å². The van der Waals surface area contributed by atoms with Gasteiger partial charge in [0.15, 0.2) is 0 Å². The van der Waals surface area contributed by atoms with Crippen molar-refractivity contribution in [1.29, 1.82) is 0 Å². The van der Waals surface area contributed by atoms with E-state index in [0.29, 0.717) is 35.5 Å². The molecule has 0 spiro atoms. The number of anilines is 2. The Kier molecular flexibility index (Phi) is 8.15. The molecule has 3 rings (SSSR count). The summed E-state index contributed by atoms with van der Waals surface area (Å²) in [7, 11) is 0. The number of aromatic nitrogens is 2. The molecule has 6 nitrogen and oxygen atoms in total. The molecule has 0 aliphatic heterocycles. The first kappa shape index (κ1) is 24.1. The highest BCUT2D eigenvalue weighted by Gasteiger charge is 2.20. The molecule has 0 saturated carbocycles. The number of nitrogens with zero attached hydrogens (tertiary/aromatic N) is 3. The second kappa shape index (κ2) is 10.8. The van der Waals surface area contributed by atoms with Crippen LogP contribution in [0.4, 0.5) is 11.6 Å². The number of fused-ring (bicyclic) bond motifs is 1. The molecule has 0 fully saturated rings. The standard InChI is InChI=1S/C25H34ClN5O/c1-17(2)15-30(16-18(3)4)24(32)19-6-11-22-23(14-19)31(13-5-12-27)25(29-22)28-21-9-7-20(26)8-10-21/h6-11,14,17-18H,5,12-13,15-16,27H2,1-4H3,(H,28,29). The highest BCUT2D eigenvalue weighted by Crippen LogP contribution is 2.26. The van der Waals surface area contributed by atoms with Crippen LogP contribution in [0.2, 0.25) is 5.02 Å². The summed E-state index contributed by atoms with van der Waals surface area (Å²) in [6.45, 7) is 11.3. The predicted molar refractivity (Wildman–Crippen MR) is 134 cm³/mol. The molecular formula is C25H34ClN5O. The van der Waals surface area contributed by atoms with E-state index in [4.69, 9.17) is 22.3 Å². The Morgan fingerprint density at radius 2 is 1.75 bits per heavy atom. The zero-order chi connectivity index (χ0) is 23.3. The molecule has 172 valence electrons. The molecule has 2 aromatic carbocycles. The molecule has 3 aromatic rings. The third-order valence-electron chi connectivity index (χ3n) is 5.14. The van der Waals surface area contributed by atoms with Gasteiger partial charge in [0.05, 0.1) is 11.0 Å². The molecule has 1 heterocycles. The summed E-state index contributed by atoms with van der Waals surface area (Å²) in [4.78, 5) is 20.1. The van der Waals surface area contributed by atoms with E-state index in [1.54, 1.807) is 0 Å². The summed E-state index contributed by atoms with van der Waals surface area (Å²) in [6, 6.07) is 13.3. The summed E-state index contributed by atoms with van der Waals surface area (Å²) in [5, 5.41) is 4.06. The summed E-state index contributed by atoms with van der Waals surface area (Å²) in [5.41, 5.74) is 9.14. The van der Waals surface area contributed by atoms with Crippen LogP contribution in [-0.2, 0) is 6.54 Å². The van der Waals surface area contributed by atoms with E-state index in [9.17, 15) is 4.79 Å². The van der Waals surface area contributed by atoms with Crippen molar-refractivity contribution in [2.45, 2.75) is 40.7 Å². The van der Waals surface area contributed by atoms with Crippen molar-refractivity contribution in [3.8, 4) is 0 Å². The summed E-state index contributed by atoms with van der Waals surface area (Å²) < 4.78 is 2.10. The van der Waals surface area contributed by atoms with E-state index in [-0.39, 0.29) is 5.91 Å². The van der Waals surface area contributed by atoms with E-state index in [1.807, 2.05) is 47.4 Å². The van der Waals surface area contributed by atoms with Gasteiger partial charge in [-0.2, -0.15) is 0 Å². The number of rotatable bonds is 10. The second-order valence-electron chi connectivity index (χ2n) is 9.06. The topological polar surface area (TPSA) is 76.2 Å². The van der Waals surface area contributed by atoms with Gasteiger partial charge in [0.1, 0.15) is 0 Å². The lowest BCUT2D eigenvalue weighted by atomic mass is 10.1. The summed E-state index contributed by atoms with van der Waals surface area (Å²) in [5.74, 6) is 1.60. The normalized spacial score (nSPS) is 11.5. The summed E-state index contributed by atoms with van der Waals surface area (Å²) in [6.07, 6.45) is 0.811. The minimum absolute atomic E-state index is 0.0630. The van der Waals surface area contributed by atoms with Crippen molar-refractivity contribution in [1.82, 2.24) is 14.5 Å². The van der Waals surface area contributed by atoms with Crippen molar-refractivity contribution in [2.24, 2.45) is 17.6 Å².